The quantitative estimate of drug-likeness (QED) is 0.312. The molecule has 0 atom stereocenters. The van der Waals surface area contributed by atoms with Crippen LogP contribution in [0.1, 0.15) is 19.4 Å². The zero-order valence-corrected chi connectivity index (χ0v) is 18.3. The van der Waals surface area contributed by atoms with Crippen molar-refractivity contribution in [1.29, 1.82) is 0 Å². The Balaban J connectivity index is 2.08. The largest absolute Gasteiger partial charge is 0.495 e. The predicted molar refractivity (Wildman–Crippen MR) is 124 cm³/mol. The minimum Gasteiger partial charge on any atom is -0.495 e. The van der Waals surface area contributed by atoms with E-state index < -0.39 is 5.97 Å². The summed E-state index contributed by atoms with van der Waals surface area (Å²) in [7, 11) is 1.61. The molecule has 0 aliphatic heterocycles. The number of esters is 1. The maximum Gasteiger partial charge on any atom is 0.330 e. The Morgan fingerprint density at radius 2 is 1.91 bits per heavy atom. The fraction of sp³-hybridized carbons (Fsp3) is 0.200. The molecule has 0 aliphatic rings. The van der Waals surface area contributed by atoms with E-state index >= 15 is 0 Å². The molecule has 0 aliphatic carbocycles. The summed E-state index contributed by atoms with van der Waals surface area (Å²) in [4.78, 5) is 21.5. The van der Waals surface area contributed by atoms with Gasteiger partial charge in [-0.1, -0.05) is 30.3 Å². The number of methoxy groups -OCH3 is 1. The van der Waals surface area contributed by atoms with Crippen LogP contribution in [0.15, 0.2) is 61.1 Å². The molecule has 0 bridgehead atoms. The lowest BCUT2D eigenvalue weighted by Crippen LogP contribution is -2.02. The van der Waals surface area contributed by atoms with Crippen LogP contribution in [0.3, 0.4) is 0 Å². The summed E-state index contributed by atoms with van der Waals surface area (Å²) in [5, 5.41) is 5.40. The second-order valence-corrected chi connectivity index (χ2v) is 7.01. The van der Waals surface area contributed by atoms with E-state index in [1.165, 1.54) is 6.08 Å². The Hall–Kier alpha value is -4.00. The molecule has 0 saturated heterocycles. The van der Waals surface area contributed by atoms with E-state index in [2.05, 4.69) is 10.1 Å². The van der Waals surface area contributed by atoms with Crippen LogP contribution in [-0.2, 0) is 16.1 Å². The first-order chi connectivity index (χ1) is 15.7. The van der Waals surface area contributed by atoms with Gasteiger partial charge in [-0.15, -0.1) is 0 Å². The number of fused-ring (bicyclic) bond motifs is 1. The molecule has 0 unspecified atom stereocenters. The number of carbonyl (C=O) groups is 1. The molecular weight excluding hydrogens is 404 g/mol. The second kappa shape index (κ2) is 9.43. The summed E-state index contributed by atoms with van der Waals surface area (Å²) in [5.74, 6) is 0.225. The van der Waals surface area contributed by atoms with Crippen LogP contribution >= 0.6 is 0 Å². The van der Waals surface area contributed by atoms with Gasteiger partial charge >= 0.3 is 5.97 Å². The van der Waals surface area contributed by atoms with E-state index in [4.69, 9.17) is 14.5 Å². The van der Waals surface area contributed by atoms with Crippen molar-refractivity contribution in [1.82, 2.24) is 19.7 Å². The van der Waals surface area contributed by atoms with Gasteiger partial charge < -0.3 is 9.47 Å². The second-order valence-electron chi connectivity index (χ2n) is 7.01. The monoisotopic (exact) mass is 428 g/mol. The van der Waals surface area contributed by atoms with Gasteiger partial charge in [0, 0.05) is 46.5 Å². The minimum atomic E-state index is -0.412. The van der Waals surface area contributed by atoms with Crippen LogP contribution in [0.25, 0.3) is 39.5 Å². The van der Waals surface area contributed by atoms with Crippen molar-refractivity contribution < 1.29 is 14.3 Å². The van der Waals surface area contributed by atoms with Crippen LogP contribution in [-0.4, -0.2) is 39.4 Å². The standard InChI is InChI=1S/C25H24N4O3/c1-4-29-25-21(16-27-29)23(18-13-19(31-3)15-26-14-18)20(11-12-22(30)32-5-2)24(28-25)17-9-7-6-8-10-17/h6-16H,4-5H2,1-3H3/b12-11+. The minimum absolute atomic E-state index is 0.307. The van der Waals surface area contributed by atoms with Crippen molar-refractivity contribution in [2.75, 3.05) is 13.7 Å². The molecule has 7 heteroatoms. The number of hydrogen-bond donors (Lipinski definition) is 0. The number of carbonyl (C=O) groups excluding carboxylic acids is 1. The Labute approximate surface area is 186 Å². The molecule has 4 rings (SSSR count). The molecule has 4 aromatic rings. The first-order valence-electron chi connectivity index (χ1n) is 10.4. The average molecular weight is 428 g/mol. The number of aryl methyl sites for hydroxylation is 1. The third kappa shape index (κ3) is 4.09. The normalized spacial score (nSPS) is 11.2. The van der Waals surface area contributed by atoms with E-state index in [-0.39, 0.29) is 0 Å². The van der Waals surface area contributed by atoms with E-state index in [9.17, 15) is 4.79 Å². The van der Waals surface area contributed by atoms with E-state index in [0.29, 0.717) is 18.9 Å². The van der Waals surface area contributed by atoms with Crippen LogP contribution in [0.4, 0.5) is 0 Å². The van der Waals surface area contributed by atoms with Crippen LogP contribution in [0.2, 0.25) is 0 Å². The number of pyridine rings is 2. The SMILES string of the molecule is CCOC(=O)/C=C/c1c(-c2ccccc2)nc2c(cnn2CC)c1-c1cncc(OC)c1. The Morgan fingerprint density at radius 1 is 1.09 bits per heavy atom. The third-order valence-electron chi connectivity index (χ3n) is 5.08. The van der Waals surface area contributed by atoms with Crippen molar-refractivity contribution in [3.8, 4) is 28.1 Å². The smallest absolute Gasteiger partial charge is 0.330 e. The molecule has 0 saturated carbocycles. The van der Waals surface area contributed by atoms with Gasteiger partial charge in [0.25, 0.3) is 0 Å². The predicted octanol–water partition coefficient (Wildman–Crippen LogP) is 4.77. The van der Waals surface area contributed by atoms with Crippen molar-refractivity contribution in [2.45, 2.75) is 20.4 Å². The Kier molecular flexibility index (Phi) is 6.26. The lowest BCUT2D eigenvalue weighted by Gasteiger charge is -2.15. The number of rotatable bonds is 7. The fourth-order valence-corrected chi connectivity index (χ4v) is 3.63. The molecular formula is C25H24N4O3. The highest BCUT2D eigenvalue weighted by Crippen LogP contribution is 2.38. The van der Waals surface area contributed by atoms with Crippen molar-refractivity contribution in [3.05, 3.63) is 66.6 Å². The lowest BCUT2D eigenvalue weighted by atomic mass is 9.94. The van der Waals surface area contributed by atoms with E-state index in [1.807, 2.05) is 48.0 Å². The molecule has 3 heterocycles. The molecule has 32 heavy (non-hydrogen) atoms. The zero-order valence-electron chi connectivity index (χ0n) is 18.3. The molecule has 0 radical (unpaired) electrons. The number of hydrogen-bond acceptors (Lipinski definition) is 6. The van der Waals surface area contributed by atoms with Gasteiger partial charge in [-0.25, -0.2) is 14.5 Å². The Morgan fingerprint density at radius 3 is 2.62 bits per heavy atom. The van der Waals surface area contributed by atoms with Gasteiger partial charge in [0.2, 0.25) is 0 Å². The first kappa shape index (κ1) is 21.2. The number of aromatic nitrogens is 4. The number of ether oxygens (including phenoxy) is 2. The molecule has 0 N–H and O–H groups in total. The molecule has 7 nitrogen and oxygen atoms in total. The van der Waals surface area contributed by atoms with Crippen LogP contribution in [0, 0.1) is 0 Å². The van der Waals surface area contributed by atoms with Gasteiger partial charge in [0.05, 0.1) is 31.8 Å². The lowest BCUT2D eigenvalue weighted by molar-refractivity contribution is -0.137. The van der Waals surface area contributed by atoms with Gasteiger partial charge in [-0.3, -0.25) is 4.98 Å². The van der Waals surface area contributed by atoms with E-state index in [1.54, 1.807) is 38.7 Å². The summed E-state index contributed by atoms with van der Waals surface area (Å²) in [5.41, 5.74) is 4.93. The summed E-state index contributed by atoms with van der Waals surface area (Å²) in [6, 6.07) is 11.8. The highest BCUT2D eigenvalue weighted by atomic mass is 16.5. The van der Waals surface area contributed by atoms with Gasteiger partial charge in [0.15, 0.2) is 5.65 Å². The highest BCUT2D eigenvalue weighted by Gasteiger charge is 2.20. The van der Waals surface area contributed by atoms with Crippen molar-refractivity contribution in [2.24, 2.45) is 0 Å². The van der Waals surface area contributed by atoms with Gasteiger partial charge in [-0.2, -0.15) is 5.10 Å². The summed E-state index contributed by atoms with van der Waals surface area (Å²) < 4.78 is 12.4. The summed E-state index contributed by atoms with van der Waals surface area (Å²) in [6.45, 7) is 4.79. The number of nitrogens with zero attached hydrogens (tertiary/aromatic N) is 4. The maximum atomic E-state index is 12.1. The molecule has 0 spiro atoms. The highest BCUT2D eigenvalue weighted by molar-refractivity contribution is 6.02. The van der Waals surface area contributed by atoms with E-state index in [0.717, 1.165) is 39.0 Å². The van der Waals surface area contributed by atoms with Crippen LogP contribution < -0.4 is 4.74 Å². The Bertz CT molecular complexity index is 1280. The first-order valence-corrected chi connectivity index (χ1v) is 10.4. The van der Waals surface area contributed by atoms with Crippen LogP contribution in [0.5, 0.6) is 5.75 Å². The number of benzene rings is 1. The molecule has 162 valence electrons. The molecule has 1 aromatic carbocycles. The van der Waals surface area contributed by atoms with Crippen molar-refractivity contribution in [3.63, 3.8) is 0 Å². The fourth-order valence-electron chi connectivity index (χ4n) is 3.63. The van der Waals surface area contributed by atoms with Crippen molar-refractivity contribution >= 4 is 23.1 Å². The molecule has 0 amide bonds. The molecule has 3 aromatic heterocycles. The maximum absolute atomic E-state index is 12.1. The topological polar surface area (TPSA) is 79.1 Å². The zero-order chi connectivity index (χ0) is 22.5. The van der Waals surface area contributed by atoms with Gasteiger partial charge in [0.1, 0.15) is 5.75 Å². The third-order valence-corrected chi connectivity index (χ3v) is 5.08. The van der Waals surface area contributed by atoms with Gasteiger partial charge in [-0.05, 0) is 26.0 Å². The molecule has 0 fully saturated rings. The summed E-state index contributed by atoms with van der Waals surface area (Å²) >= 11 is 0. The summed E-state index contributed by atoms with van der Waals surface area (Å²) in [6.07, 6.45) is 8.42. The average Bonchev–Trinajstić information content (AvgIpc) is 3.25.